The van der Waals surface area contributed by atoms with Gasteiger partial charge in [-0.3, -0.25) is 0 Å². The molecule has 1 aromatic carbocycles. The highest BCUT2D eigenvalue weighted by atomic mass is 79.9. The lowest BCUT2D eigenvalue weighted by atomic mass is 10.1. The van der Waals surface area contributed by atoms with Gasteiger partial charge in [0, 0.05) is 16.6 Å². The lowest BCUT2D eigenvalue weighted by Gasteiger charge is -2.11. The Balaban J connectivity index is 2.46. The number of hydrogen-bond donors (Lipinski definition) is 0. The van der Waals surface area contributed by atoms with E-state index in [1.165, 1.54) is 5.56 Å². The monoisotopic (exact) mass is 293 g/mol. The van der Waals surface area contributed by atoms with Gasteiger partial charge in [0.1, 0.15) is 6.33 Å². The van der Waals surface area contributed by atoms with Crippen LogP contribution in [0.1, 0.15) is 19.4 Å². The summed E-state index contributed by atoms with van der Waals surface area (Å²) in [6.45, 7) is 7.41. The van der Waals surface area contributed by atoms with Crippen LogP contribution < -0.4 is 0 Å². The first-order valence-electron chi connectivity index (χ1n) is 5.73. The normalized spacial score (nSPS) is 11.1. The van der Waals surface area contributed by atoms with Gasteiger partial charge in [-0.25, -0.2) is 0 Å². The maximum atomic E-state index is 4.23. The Morgan fingerprint density at radius 3 is 2.82 bits per heavy atom. The van der Waals surface area contributed by atoms with E-state index in [-0.39, 0.29) is 0 Å². The Labute approximate surface area is 110 Å². The van der Waals surface area contributed by atoms with Gasteiger partial charge in [-0.05, 0) is 24.5 Å². The molecule has 0 unspecified atom stereocenters. The van der Waals surface area contributed by atoms with Crippen LogP contribution >= 0.6 is 15.9 Å². The first kappa shape index (κ1) is 12.3. The van der Waals surface area contributed by atoms with Crippen LogP contribution in [-0.4, -0.2) is 14.8 Å². The third-order valence-corrected chi connectivity index (χ3v) is 3.55. The summed E-state index contributed by atoms with van der Waals surface area (Å²) >= 11 is 3.55. The quantitative estimate of drug-likeness (QED) is 0.864. The van der Waals surface area contributed by atoms with E-state index >= 15 is 0 Å². The van der Waals surface area contributed by atoms with Crippen molar-refractivity contribution in [3.63, 3.8) is 0 Å². The van der Waals surface area contributed by atoms with E-state index in [9.17, 15) is 0 Å². The molecule has 0 aliphatic carbocycles. The molecule has 3 nitrogen and oxygen atoms in total. The predicted molar refractivity (Wildman–Crippen MR) is 72.7 cm³/mol. The van der Waals surface area contributed by atoms with E-state index in [1.54, 1.807) is 6.33 Å². The van der Waals surface area contributed by atoms with Gasteiger partial charge in [0.15, 0.2) is 5.82 Å². The molecule has 0 fully saturated rings. The fraction of sp³-hybridized carbons (Fsp3) is 0.385. The molecule has 2 aromatic rings. The number of aromatic nitrogens is 3. The van der Waals surface area contributed by atoms with Crippen molar-refractivity contribution >= 4 is 15.9 Å². The first-order valence-corrected chi connectivity index (χ1v) is 6.52. The van der Waals surface area contributed by atoms with Crippen LogP contribution in [0, 0.1) is 12.8 Å². The number of hydrogen-bond acceptors (Lipinski definition) is 2. The van der Waals surface area contributed by atoms with E-state index in [0.717, 1.165) is 22.4 Å². The van der Waals surface area contributed by atoms with Crippen molar-refractivity contribution in [3.8, 4) is 11.4 Å². The van der Waals surface area contributed by atoms with Crippen molar-refractivity contribution < 1.29 is 0 Å². The second-order valence-electron chi connectivity index (χ2n) is 4.61. The summed E-state index contributed by atoms with van der Waals surface area (Å²) in [5.41, 5.74) is 2.34. The highest BCUT2D eigenvalue weighted by Gasteiger charge is 2.11. The van der Waals surface area contributed by atoms with E-state index in [2.05, 4.69) is 57.5 Å². The Bertz CT molecular complexity index is 517. The van der Waals surface area contributed by atoms with Crippen molar-refractivity contribution in [2.45, 2.75) is 27.3 Å². The van der Waals surface area contributed by atoms with E-state index in [4.69, 9.17) is 0 Å². The van der Waals surface area contributed by atoms with Gasteiger partial charge >= 0.3 is 0 Å². The molecular weight excluding hydrogens is 278 g/mol. The zero-order valence-corrected chi connectivity index (χ0v) is 11.9. The van der Waals surface area contributed by atoms with Crippen molar-refractivity contribution in [3.05, 3.63) is 34.6 Å². The average molecular weight is 294 g/mol. The number of nitrogens with zero attached hydrogens (tertiary/aromatic N) is 3. The molecule has 0 amide bonds. The molecule has 1 heterocycles. The topological polar surface area (TPSA) is 30.7 Å². The van der Waals surface area contributed by atoms with Crippen LogP contribution in [-0.2, 0) is 6.54 Å². The maximum absolute atomic E-state index is 4.23. The van der Waals surface area contributed by atoms with Crippen molar-refractivity contribution in [1.29, 1.82) is 0 Å². The summed E-state index contributed by atoms with van der Waals surface area (Å²) in [4.78, 5) is 0. The molecule has 90 valence electrons. The lowest BCUT2D eigenvalue weighted by Crippen LogP contribution is -2.05. The molecule has 0 N–H and O–H groups in total. The molecule has 0 aliphatic rings. The molecule has 4 heteroatoms. The fourth-order valence-electron chi connectivity index (χ4n) is 1.84. The van der Waals surface area contributed by atoms with Crippen LogP contribution in [0.3, 0.4) is 0 Å². The van der Waals surface area contributed by atoms with E-state index in [0.29, 0.717) is 5.92 Å². The third-order valence-electron chi connectivity index (χ3n) is 2.69. The van der Waals surface area contributed by atoms with Gasteiger partial charge in [0.2, 0.25) is 0 Å². The van der Waals surface area contributed by atoms with Gasteiger partial charge in [-0.1, -0.05) is 41.9 Å². The Morgan fingerprint density at radius 1 is 1.35 bits per heavy atom. The molecule has 0 spiro atoms. The Kier molecular flexibility index (Phi) is 3.62. The van der Waals surface area contributed by atoms with Gasteiger partial charge in [-0.15, -0.1) is 10.2 Å². The second-order valence-corrected chi connectivity index (χ2v) is 5.47. The summed E-state index contributed by atoms with van der Waals surface area (Å²) in [6, 6.07) is 6.16. The Hall–Kier alpha value is -1.16. The smallest absolute Gasteiger partial charge is 0.164 e. The number of halogens is 1. The standard InChI is InChI=1S/C13H16BrN3/c1-9(2)7-17-8-15-16-13(17)11-5-4-6-12(14)10(11)3/h4-6,8-9H,7H2,1-3H3. The zero-order valence-electron chi connectivity index (χ0n) is 10.3. The van der Waals surface area contributed by atoms with Crippen LogP contribution in [0.25, 0.3) is 11.4 Å². The molecule has 2 rings (SSSR count). The Morgan fingerprint density at radius 2 is 2.12 bits per heavy atom. The molecule has 0 radical (unpaired) electrons. The molecule has 0 saturated heterocycles. The van der Waals surface area contributed by atoms with Crippen molar-refractivity contribution in [1.82, 2.24) is 14.8 Å². The summed E-state index contributed by atoms with van der Waals surface area (Å²) in [6.07, 6.45) is 1.80. The molecule has 0 atom stereocenters. The van der Waals surface area contributed by atoms with Gasteiger partial charge < -0.3 is 4.57 Å². The largest absolute Gasteiger partial charge is 0.313 e. The molecule has 0 bridgehead atoms. The SMILES string of the molecule is Cc1c(Br)cccc1-c1nncn1CC(C)C. The van der Waals surface area contributed by atoms with E-state index in [1.807, 2.05) is 12.1 Å². The van der Waals surface area contributed by atoms with Crippen molar-refractivity contribution in [2.24, 2.45) is 5.92 Å². The van der Waals surface area contributed by atoms with Crippen LogP contribution in [0.2, 0.25) is 0 Å². The summed E-state index contributed by atoms with van der Waals surface area (Å²) in [5, 5.41) is 8.25. The molecule has 17 heavy (non-hydrogen) atoms. The van der Waals surface area contributed by atoms with Gasteiger partial charge in [-0.2, -0.15) is 0 Å². The summed E-state index contributed by atoms with van der Waals surface area (Å²) < 4.78 is 3.22. The molecule has 1 aromatic heterocycles. The minimum absolute atomic E-state index is 0.581. The first-order chi connectivity index (χ1) is 8.09. The van der Waals surface area contributed by atoms with E-state index < -0.39 is 0 Å². The maximum Gasteiger partial charge on any atom is 0.164 e. The summed E-state index contributed by atoms with van der Waals surface area (Å²) in [5.74, 6) is 1.52. The van der Waals surface area contributed by atoms with Crippen LogP contribution in [0.15, 0.2) is 29.0 Å². The highest BCUT2D eigenvalue weighted by Crippen LogP contribution is 2.27. The fourth-order valence-corrected chi connectivity index (χ4v) is 2.21. The molecular formula is C13H16BrN3. The van der Waals surface area contributed by atoms with Gasteiger partial charge in [0.25, 0.3) is 0 Å². The zero-order chi connectivity index (χ0) is 12.4. The summed E-state index contributed by atoms with van der Waals surface area (Å²) in [7, 11) is 0. The van der Waals surface area contributed by atoms with Crippen molar-refractivity contribution in [2.75, 3.05) is 0 Å². The number of benzene rings is 1. The predicted octanol–water partition coefficient (Wildman–Crippen LogP) is 3.67. The number of rotatable bonds is 3. The molecule has 0 aliphatic heterocycles. The van der Waals surface area contributed by atoms with Gasteiger partial charge in [0.05, 0.1) is 0 Å². The third kappa shape index (κ3) is 2.57. The molecule has 0 saturated carbocycles. The van der Waals surface area contributed by atoms with Crippen LogP contribution in [0.5, 0.6) is 0 Å². The highest BCUT2D eigenvalue weighted by molar-refractivity contribution is 9.10. The minimum Gasteiger partial charge on any atom is -0.313 e. The lowest BCUT2D eigenvalue weighted by molar-refractivity contribution is 0.525. The minimum atomic E-state index is 0.581. The average Bonchev–Trinajstić information content (AvgIpc) is 2.69. The second kappa shape index (κ2) is 5.00. The van der Waals surface area contributed by atoms with Crippen LogP contribution in [0.4, 0.5) is 0 Å².